The molecule has 0 aliphatic heterocycles. The topological polar surface area (TPSA) is 102 Å². The number of nitro groups is 1. The average Bonchev–Trinajstić information content (AvgIpc) is 3.34. The first-order valence-electron chi connectivity index (χ1n) is 8.33. The monoisotopic (exact) mass is 425 g/mol. The van der Waals surface area contributed by atoms with Gasteiger partial charge < -0.3 is 4.42 Å². The Bertz CT molecular complexity index is 1260. The third kappa shape index (κ3) is 4.00. The Hall–Kier alpha value is -3.56. The molecule has 0 aliphatic rings. The minimum absolute atomic E-state index is 0.0196. The first-order valence-corrected chi connectivity index (χ1v) is 9.12. The minimum atomic E-state index is -0.448. The van der Waals surface area contributed by atoms with Gasteiger partial charge in [0.15, 0.2) is 5.82 Å². The van der Waals surface area contributed by atoms with Gasteiger partial charge in [-0.05, 0) is 60.7 Å². The molecule has 1 N–H and O–H groups in total. The number of benzene rings is 2. The highest BCUT2D eigenvalue weighted by Gasteiger charge is 2.10. The van der Waals surface area contributed by atoms with Crippen LogP contribution in [0.15, 0.2) is 70.2 Å². The Morgan fingerprint density at radius 1 is 1.10 bits per heavy atom. The Kier molecular flexibility index (Phi) is 5.07. The summed E-state index contributed by atoms with van der Waals surface area (Å²) >= 11 is 11.2. The van der Waals surface area contributed by atoms with Crippen molar-refractivity contribution in [2.45, 2.75) is 0 Å². The summed E-state index contributed by atoms with van der Waals surface area (Å²) in [6, 6.07) is 16.8. The van der Waals surface area contributed by atoms with E-state index in [4.69, 9.17) is 28.2 Å². The zero-order chi connectivity index (χ0) is 20.4. The second-order valence-electron chi connectivity index (χ2n) is 5.92. The van der Waals surface area contributed by atoms with Crippen LogP contribution in [0, 0.1) is 14.9 Å². The van der Waals surface area contributed by atoms with Crippen molar-refractivity contribution >= 4 is 35.7 Å². The maximum absolute atomic E-state index is 10.8. The molecule has 10 heteroatoms. The number of non-ortho nitro benzene ring substituents is 1. The van der Waals surface area contributed by atoms with Crippen molar-refractivity contribution in [3.05, 3.63) is 86.3 Å². The van der Waals surface area contributed by atoms with Crippen molar-refractivity contribution in [1.82, 2.24) is 14.9 Å². The fourth-order valence-electron chi connectivity index (χ4n) is 2.62. The predicted molar refractivity (Wildman–Crippen MR) is 112 cm³/mol. The van der Waals surface area contributed by atoms with Gasteiger partial charge in [0.05, 0.1) is 11.1 Å². The van der Waals surface area contributed by atoms with Crippen LogP contribution < -0.4 is 0 Å². The molecule has 2 aromatic carbocycles. The van der Waals surface area contributed by atoms with Gasteiger partial charge in [0, 0.05) is 28.3 Å². The van der Waals surface area contributed by atoms with Crippen molar-refractivity contribution in [2.24, 2.45) is 5.10 Å². The summed E-state index contributed by atoms with van der Waals surface area (Å²) in [5.41, 5.74) is 1.54. The van der Waals surface area contributed by atoms with Crippen LogP contribution in [0.2, 0.25) is 5.02 Å². The molecule has 0 spiro atoms. The highest BCUT2D eigenvalue weighted by Crippen LogP contribution is 2.24. The van der Waals surface area contributed by atoms with E-state index in [0.717, 1.165) is 11.1 Å². The highest BCUT2D eigenvalue weighted by molar-refractivity contribution is 7.71. The van der Waals surface area contributed by atoms with Crippen molar-refractivity contribution in [2.75, 3.05) is 0 Å². The van der Waals surface area contributed by atoms with Gasteiger partial charge >= 0.3 is 0 Å². The molecular weight excluding hydrogens is 414 g/mol. The molecule has 0 amide bonds. The van der Waals surface area contributed by atoms with E-state index in [-0.39, 0.29) is 5.69 Å². The maximum atomic E-state index is 10.8. The Morgan fingerprint density at radius 3 is 2.48 bits per heavy atom. The zero-order valence-electron chi connectivity index (χ0n) is 14.7. The molecule has 2 aromatic heterocycles. The molecule has 4 rings (SSSR count). The van der Waals surface area contributed by atoms with Crippen LogP contribution in [0.4, 0.5) is 5.69 Å². The van der Waals surface area contributed by atoms with E-state index >= 15 is 0 Å². The highest BCUT2D eigenvalue weighted by atomic mass is 35.5. The molecule has 0 radical (unpaired) electrons. The Morgan fingerprint density at radius 2 is 1.79 bits per heavy atom. The third-order valence-corrected chi connectivity index (χ3v) is 4.56. The summed E-state index contributed by atoms with van der Waals surface area (Å²) in [5, 5.41) is 22.7. The number of nitrogens with one attached hydrogen (secondary N) is 1. The van der Waals surface area contributed by atoms with Crippen molar-refractivity contribution < 1.29 is 9.34 Å². The molecule has 0 unspecified atom stereocenters. The lowest BCUT2D eigenvalue weighted by atomic mass is 10.1. The summed E-state index contributed by atoms with van der Waals surface area (Å²) in [7, 11) is 0. The summed E-state index contributed by atoms with van der Waals surface area (Å²) in [6.07, 6.45) is 1.51. The largest absolute Gasteiger partial charge is 0.455 e. The second kappa shape index (κ2) is 7.82. The summed E-state index contributed by atoms with van der Waals surface area (Å²) in [6.45, 7) is 0. The quantitative estimate of drug-likeness (QED) is 0.202. The van der Waals surface area contributed by atoms with Crippen LogP contribution in [-0.4, -0.2) is 26.0 Å². The van der Waals surface area contributed by atoms with Gasteiger partial charge in [-0.1, -0.05) is 11.6 Å². The number of halogens is 1. The van der Waals surface area contributed by atoms with Crippen LogP contribution >= 0.6 is 23.8 Å². The Labute approximate surface area is 174 Å². The lowest BCUT2D eigenvalue weighted by molar-refractivity contribution is -0.384. The maximum Gasteiger partial charge on any atom is 0.269 e. The number of rotatable bonds is 5. The first-order chi connectivity index (χ1) is 14.0. The molecule has 29 heavy (non-hydrogen) atoms. The van der Waals surface area contributed by atoms with E-state index in [0.29, 0.717) is 27.1 Å². The molecule has 0 atom stereocenters. The van der Waals surface area contributed by atoms with Gasteiger partial charge in [-0.2, -0.15) is 14.9 Å². The van der Waals surface area contributed by atoms with Crippen LogP contribution in [-0.2, 0) is 0 Å². The number of aromatic amines is 1. The molecule has 0 bridgehead atoms. The van der Waals surface area contributed by atoms with Crippen LogP contribution in [0.25, 0.3) is 22.7 Å². The number of aromatic nitrogens is 3. The minimum Gasteiger partial charge on any atom is -0.455 e. The SMILES string of the molecule is O=[N+]([O-])c1ccc(-c2ccc(C=Nn3c(-c4ccc(Cl)cc4)n[nH]c3=S)o2)cc1. The van der Waals surface area contributed by atoms with Gasteiger partial charge in [0.1, 0.15) is 11.5 Å². The second-order valence-corrected chi connectivity index (χ2v) is 6.74. The first kappa shape index (κ1) is 18.8. The van der Waals surface area contributed by atoms with E-state index < -0.39 is 4.92 Å². The van der Waals surface area contributed by atoms with E-state index in [1.165, 1.54) is 23.0 Å². The van der Waals surface area contributed by atoms with Gasteiger partial charge in [-0.15, -0.1) is 0 Å². The number of nitrogens with zero attached hydrogens (tertiary/aromatic N) is 4. The molecule has 8 nitrogen and oxygen atoms in total. The predicted octanol–water partition coefficient (Wildman–Crippen LogP) is 5.31. The van der Waals surface area contributed by atoms with Crippen molar-refractivity contribution in [3.63, 3.8) is 0 Å². The molecular formula is C19H12ClN5O3S. The van der Waals surface area contributed by atoms with Crippen LogP contribution in [0.3, 0.4) is 0 Å². The zero-order valence-corrected chi connectivity index (χ0v) is 16.2. The van der Waals surface area contributed by atoms with Crippen LogP contribution in [0.1, 0.15) is 5.76 Å². The van der Waals surface area contributed by atoms with E-state index in [2.05, 4.69) is 15.3 Å². The van der Waals surface area contributed by atoms with Crippen LogP contribution in [0.5, 0.6) is 0 Å². The van der Waals surface area contributed by atoms with Gasteiger partial charge in [0.2, 0.25) is 4.77 Å². The number of hydrogen-bond donors (Lipinski definition) is 1. The standard InChI is InChI=1S/C19H12ClN5O3S/c20-14-5-1-13(2-6-14)18-22-23-19(29)24(18)21-11-16-9-10-17(28-16)12-3-7-15(8-4-12)25(26)27/h1-11H,(H,23,29). The Balaban J connectivity index is 1.59. The third-order valence-electron chi connectivity index (χ3n) is 4.04. The average molecular weight is 426 g/mol. The lowest BCUT2D eigenvalue weighted by Crippen LogP contribution is -1.94. The van der Waals surface area contributed by atoms with Crippen molar-refractivity contribution in [3.8, 4) is 22.7 Å². The molecule has 2 heterocycles. The lowest BCUT2D eigenvalue weighted by Gasteiger charge is -2.00. The van der Waals surface area contributed by atoms with Gasteiger partial charge in [-0.25, -0.2) is 5.10 Å². The fraction of sp³-hybridized carbons (Fsp3) is 0. The van der Waals surface area contributed by atoms with Gasteiger partial charge in [-0.3, -0.25) is 10.1 Å². The smallest absolute Gasteiger partial charge is 0.269 e. The normalized spacial score (nSPS) is 11.2. The molecule has 0 saturated heterocycles. The van der Waals surface area contributed by atoms with E-state index in [9.17, 15) is 10.1 Å². The van der Waals surface area contributed by atoms with Gasteiger partial charge in [0.25, 0.3) is 5.69 Å². The number of furan rings is 1. The number of hydrogen-bond acceptors (Lipinski definition) is 6. The summed E-state index contributed by atoms with van der Waals surface area (Å²) in [4.78, 5) is 10.3. The summed E-state index contributed by atoms with van der Waals surface area (Å²) in [5.74, 6) is 1.59. The molecule has 0 saturated carbocycles. The molecule has 0 aliphatic carbocycles. The molecule has 4 aromatic rings. The fourth-order valence-corrected chi connectivity index (χ4v) is 2.93. The van der Waals surface area contributed by atoms with Crippen molar-refractivity contribution in [1.29, 1.82) is 0 Å². The van der Waals surface area contributed by atoms with E-state index in [1.807, 2.05) is 12.1 Å². The number of nitro benzene ring substituents is 1. The summed E-state index contributed by atoms with van der Waals surface area (Å²) < 4.78 is 7.56. The molecule has 0 fully saturated rings. The van der Waals surface area contributed by atoms with E-state index in [1.54, 1.807) is 36.4 Å². The number of H-pyrrole nitrogens is 1. The molecule has 144 valence electrons.